The standard InChI is InChI=1S/C29H36N2O2S/c1-3-4-19-33-26-16-13-22(21-27(26)32-2)20-23-14-15-25(28(23)31-17-9-6-10-18-31)29(34)30-24-11-7-5-8-12-24/h5,7-8,11-13,16,20-21H,3-4,6,9-10,14-15,17-19H2,1-2H3,(H,30,34)/b23-20+. The Morgan fingerprint density at radius 1 is 1.03 bits per heavy atom. The fourth-order valence-electron chi connectivity index (χ4n) is 4.71. The number of thiocarbonyl (C=S) groups is 1. The van der Waals surface area contributed by atoms with Crippen molar-refractivity contribution in [3.63, 3.8) is 0 Å². The molecule has 0 saturated carbocycles. The molecule has 2 aromatic rings. The van der Waals surface area contributed by atoms with Gasteiger partial charge in [-0.3, -0.25) is 0 Å². The maximum absolute atomic E-state index is 5.93. The minimum absolute atomic E-state index is 0.713. The number of benzene rings is 2. The van der Waals surface area contributed by atoms with E-state index in [4.69, 9.17) is 21.7 Å². The number of anilines is 1. The first-order chi connectivity index (χ1) is 16.7. The first-order valence-electron chi connectivity index (χ1n) is 12.6. The Kier molecular flexibility index (Phi) is 8.64. The molecule has 0 aromatic heterocycles. The Hall–Kier alpha value is -2.79. The molecule has 1 N–H and O–H groups in total. The number of ether oxygens (including phenoxy) is 2. The molecule has 0 radical (unpaired) electrons. The molecule has 180 valence electrons. The monoisotopic (exact) mass is 476 g/mol. The van der Waals surface area contributed by atoms with E-state index in [0.29, 0.717) is 6.61 Å². The van der Waals surface area contributed by atoms with Crippen molar-refractivity contribution in [1.29, 1.82) is 0 Å². The smallest absolute Gasteiger partial charge is 0.161 e. The van der Waals surface area contributed by atoms with E-state index in [1.165, 1.54) is 36.1 Å². The van der Waals surface area contributed by atoms with Gasteiger partial charge in [0.15, 0.2) is 11.5 Å². The molecule has 0 bridgehead atoms. The number of nitrogens with one attached hydrogen (secondary N) is 1. The zero-order valence-corrected chi connectivity index (χ0v) is 21.3. The Bertz CT molecular complexity index is 1040. The number of methoxy groups -OCH3 is 1. The van der Waals surface area contributed by atoms with Crippen LogP contribution in [0.5, 0.6) is 11.5 Å². The second-order valence-corrected chi connectivity index (χ2v) is 9.39. The van der Waals surface area contributed by atoms with Crippen molar-refractivity contribution >= 4 is 29.0 Å². The van der Waals surface area contributed by atoms with Crippen molar-refractivity contribution in [3.8, 4) is 11.5 Å². The van der Waals surface area contributed by atoms with Crippen LogP contribution in [0.15, 0.2) is 65.4 Å². The van der Waals surface area contributed by atoms with Crippen LogP contribution in [-0.4, -0.2) is 36.7 Å². The van der Waals surface area contributed by atoms with Crippen LogP contribution >= 0.6 is 12.2 Å². The van der Waals surface area contributed by atoms with E-state index in [1.54, 1.807) is 7.11 Å². The molecule has 0 unspecified atom stereocenters. The third-order valence-electron chi connectivity index (χ3n) is 6.50. The van der Waals surface area contributed by atoms with E-state index in [1.807, 2.05) is 24.3 Å². The van der Waals surface area contributed by atoms with Crippen LogP contribution in [0, 0.1) is 0 Å². The minimum atomic E-state index is 0.713. The number of nitrogens with zero attached hydrogens (tertiary/aromatic N) is 1. The first kappa shape index (κ1) is 24.3. The SMILES string of the molecule is CCCCOc1ccc(/C=C2\CCC(C(=S)Nc3ccccc3)=C2N2CCCCC2)cc1OC. The van der Waals surface area contributed by atoms with Gasteiger partial charge in [0.1, 0.15) is 4.99 Å². The van der Waals surface area contributed by atoms with Gasteiger partial charge in [-0.25, -0.2) is 0 Å². The van der Waals surface area contributed by atoms with Gasteiger partial charge in [0.25, 0.3) is 0 Å². The summed E-state index contributed by atoms with van der Waals surface area (Å²) in [5, 5.41) is 3.47. The number of unbranched alkanes of at least 4 members (excludes halogenated alkanes) is 1. The molecule has 0 amide bonds. The van der Waals surface area contributed by atoms with Crippen LogP contribution < -0.4 is 14.8 Å². The van der Waals surface area contributed by atoms with Crippen molar-refractivity contribution in [2.45, 2.75) is 51.9 Å². The quantitative estimate of drug-likeness (QED) is 0.305. The van der Waals surface area contributed by atoms with E-state index >= 15 is 0 Å². The van der Waals surface area contributed by atoms with E-state index in [2.05, 4.69) is 47.5 Å². The number of hydrogen-bond acceptors (Lipinski definition) is 4. The van der Waals surface area contributed by atoms with Crippen molar-refractivity contribution < 1.29 is 9.47 Å². The number of hydrogen-bond donors (Lipinski definition) is 1. The van der Waals surface area contributed by atoms with E-state index < -0.39 is 0 Å². The Morgan fingerprint density at radius 3 is 2.56 bits per heavy atom. The second kappa shape index (κ2) is 12.1. The number of piperidine rings is 1. The van der Waals surface area contributed by atoms with Gasteiger partial charge >= 0.3 is 0 Å². The molecule has 1 saturated heterocycles. The lowest BCUT2D eigenvalue weighted by molar-refractivity contribution is 0.288. The molecule has 5 heteroatoms. The van der Waals surface area contributed by atoms with Crippen LogP contribution in [0.3, 0.4) is 0 Å². The summed E-state index contributed by atoms with van der Waals surface area (Å²) in [6, 6.07) is 16.5. The molecule has 1 heterocycles. The van der Waals surface area contributed by atoms with Crippen LogP contribution in [0.1, 0.15) is 57.4 Å². The summed E-state index contributed by atoms with van der Waals surface area (Å²) >= 11 is 5.91. The molecule has 1 aliphatic carbocycles. The fourth-order valence-corrected chi connectivity index (χ4v) is 5.03. The topological polar surface area (TPSA) is 33.7 Å². The summed E-state index contributed by atoms with van der Waals surface area (Å²) in [7, 11) is 1.71. The van der Waals surface area contributed by atoms with Crippen molar-refractivity contribution in [1.82, 2.24) is 4.90 Å². The number of rotatable bonds is 9. The summed E-state index contributed by atoms with van der Waals surface area (Å²) in [4.78, 5) is 3.39. The van der Waals surface area contributed by atoms with Gasteiger partial charge in [-0.05, 0) is 80.0 Å². The lowest BCUT2D eigenvalue weighted by Gasteiger charge is -2.32. The molecule has 2 aliphatic rings. The average Bonchev–Trinajstić information content (AvgIpc) is 3.29. The molecule has 0 atom stereocenters. The highest BCUT2D eigenvalue weighted by atomic mass is 32.1. The van der Waals surface area contributed by atoms with Gasteiger partial charge in [-0.2, -0.15) is 0 Å². The molecule has 34 heavy (non-hydrogen) atoms. The molecular formula is C29H36N2O2S. The molecule has 1 aliphatic heterocycles. The van der Waals surface area contributed by atoms with E-state index in [9.17, 15) is 0 Å². The normalized spacial score (nSPS) is 17.2. The van der Waals surface area contributed by atoms with E-state index in [-0.39, 0.29) is 0 Å². The van der Waals surface area contributed by atoms with Crippen LogP contribution in [0.25, 0.3) is 6.08 Å². The zero-order chi connectivity index (χ0) is 23.8. The van der Waals surface area contributed by atoms with Crippen molar-refractivity contribution in [2.24, 2.45) is 0 Å². The number of para-hydroxylation sites is 1. The predicted octanol–water partition coefficient (Wildman–Crippen LogP) is 7.23. The third-order valence-corrected chi connectivity index (χ3v) is 6.84. The van der Waals surface area contributed by atoms with Gasteiger partial charge in [-0.1, -0.05) is 49.8 Å². The Morgan fingerprint density at radius 2 is 1.82 bits per heavy atom. The fraction of sp³-hybridized carbons (Fsp3) is 0.414. The van der Waals surface area contributed by atoms with Crippen LogP contribution in [0.4, 0.5) is 5.69 Å². The van der Waals surface area contributed by atoms with Crippen molar-refractivity contribution in [3.05, 3.63) is 70.9 Å². The second-order valence-electron chi connectivity index (χ2n) is 8.98. The predicted molar refractivity (Wildman–Crippen MR) is 146 cm³/mol. The van der Waals surface area contributed by atoms with Crippen molar-refractivity contribution in [2.75, 3.05) is 32.1 Å². The van der Waals surface area contributed by atoms with Crippen LogP contribution in [-0.2, 0) is 0 Å². The maximum Gasteiger partial charge on any atom is 0.161 e. The highest BCUT2D eigenvalue weighted by molar-refractivity contribution is 7.81. The van der Waals surface area contributed by atoms with Gasteiger partial charge in [0.2, 0.25) is 0 Å². The largest absolute Gasteiger partial charge is 0.493 e. The summed E-state index contributed by atoms with van der Waals surface area (Å²) in [6.07, 6.45) is 10.2. The average molecular weight is 477 g/mol. The Balaban J connectivity index is 1.62. The van der Waals surface area contributed by atoms with Gasteiger partial charge in [0, 0.05) is 30.0 Å². The molecule has 4 nitrogen and oxygen atoms in total. The summed E-state index contributed by atoms with van der Waals surface area (Å²) in [5.41, 5.74) is 6.12. The number of allylic oxidation sites excluding steroid dienone is 1. The molecule has 2 aromatic carbocycles. The zero-order valence-electron chi connectivity index (χ0n) is 20.4. The maximum atomic E-state index is 5.93. The number of likely N-dealkylation sites (tertiary alicyclic amines) is 1. The molecule has 4 rings (SSSR count). The van der Waals surface area contributed by atoms with Gasteiger partial charge < -0.3 is 19.7 Å². The van der Waals surface area contributed by atoms with E-state index in [0.717, 1.165) is 66.5 Å². The van der Waals surface area contributed by atoms with Crippen LogP contribution in [0.2, 0.25) is 0 Å². The highest BCUT2D eigenvalue weighted by Gasteiger charge is 2.28. The first-order valence-corrected chi connectivity index (χ1v) is 13.0. The molecule has 1 fully saturated rings. The summed E-state index contributed by atoms with van der Waals surface area (Å²) in [5.74, 6) is 1.60. The molecule has 0 spiro atoms. The third kappa shape index (κ3) is 6.01. The lowest BCUT2D eigenvalue weighted by atomic mass is 10.0. The lowest BCUT2D eigenvalue weighted by Crippen LogP contribution is -2.31. The molecular weight excluding hydrogens is 440 g/mol. The van der Waals surface area contributed by atoms with Gasteiger partial charge in [0.05, 0.1) is 13.7 Å². The highest BCUT2D eigenvalue weighted by Crippen LogP contribution is 2.38. The summed E-state index contributed by atoms with van der Waals surface area (Å²) in [6.45, 7) is 5.07. The van der Waals surface area contributed by atoms with Gasteiger partial charge in [-0.15, -0.1) is 0 Å². The minimum Gasteiger partial charge on any atom is -0.493 e. The summed E-state index contributed by atoms with van der Waals surface area (Å²) < 4.78 is 11.6. The Labute approximate surface area is 209 Å².